The van der Waals surface area contributed by atoms with Gasteiger partial charge in [-0.25, -0.2) is 0 Å². The highest BCUT2D eigenvalue weighted by Gasteiger charge is 2.34. The Bertz CT molecular complexity index is 1360. The third kappa shape index (κ3) is 8.54. The molecule has 2 saturated heterocycles. The minimum absolute atomic E-state index is 0.000590. The van der Waals surface area contributed by atoms with E-state index < -0.39 is 0 Å². The molecule has 2 heterocycles. The van der Waals surface area contributed by atoms with E-state index in [4.69, 9.17) is 51.2 Å². The topological polar surface area (TPSA) is 85.8 Å². The standard InChI is InChI=1S/C30H35Cl4N5O4/c1-36-17-29(41)39(18-28(36)40)23-6-9-38(10-7-23)11-8-24(19-4-5-25(33)26(34)14-19)27(35-43-3)16-37(2)30(42)20-12-21(31)15-22(32)13-20/h4-5,12-15,23-24H,6-11,16-18H2,1-3H3/b35-27-/t24-/m1/s1. The average molecular weight is 671 g/mol. The maximum absolute atomic E-state index is 13.3. The molecule has 2 aromatic carbocycles. The Hall–Kier alpha value is -2.56. The maximum Gasteiger partial charge on any atom is 0.254 e. The minimum atomic E-state index is -0.264. The highest BCUT2D eigenvalue weighted by molar-refractivity contribution is 6.42. The molecule has 13 heteroatoms. The van der Waals surface area contributed by atoms with Crippen molar-refractivity contribution in [1.82, 2.24) is 19.6 Å². The third-order valence-corrected chi connectivity index (χ3v) is 9.14. The molecule has 0 unspecified atom stereocenters. The van der Waals surface area contributed by atoms with Gasteiger partial charge in [0.05, 0.1) is 28.8 Å². The SMILES string of the molecule is CO/N=C(/CN(C)C(=O)c1cc(Cl)cc(Cl)c1)[C@H](CCN1CCC(N2CC(=O)N(C)CC2=O)CC1)c1ccc(Cl)c(Cl)c1. The van der Waals surface area contributed by atoms with Gasteiger partial charge in [0.2, 0.25) is 11.8 Å². The Balaban J connectivity index is 1.47. The summed E-state index contributed by atoms with van der Waals surface area (Å²) in [6, 6.07) is 10.3. The molecule has 2 fully saturated rings. The van der Waals surface area contributed by atoms with Gasteiger partial charge in [-0.2, -0.15) is 0 Å². The number of piperidine rings is 1. The largest absolute Gasteiger partial charge is 0.399 e. The lowest BCUT2D eigenvalue weighted by Crippen LogP contribution is -2.57. The summed E-state index contributed by atoms with van der Waals surface area (Å²) in [5.74, 6) is -0.528. The van der Waals surface area contributed by atoms with E-state index in [0.717, 1.165) is 38.0 Å². The molecule has 232 valence electrons. The summed E-state index contributed by atoms with van der Waals surface area (Å²) in [4.78, 5) is 50.4. The molecule has 0 aromatic heterocycles. The van der Waals surface area contributed by atoms with Gasteiger partial charge in [-0.05, 0) is 61.7 Å². The van der Waals surface area contributed by atoms with Crippen LogP contribution in [0.15, 0.2) is 41.6 Å². The summed E-state index contributed by atoms with van der Waals surface area (Å²) in [5, 5.41) is 5.97. The summed E-state index contributed by atoms with van der Waals surface area (Å²) in [6.07, 6.45) is 2.25. The van der Waals surface area contributed by atoms with Gasteiger partial charge in [-0.15, -0.1) is 0 Å². The third-order valence-electron chi connectivity index (χ3n) is 7.97. The number of nitrogens with zero attached hydrogens (tertiary/aromatic N) is 5. The van der Waals surface area contributed by atoms with Crippen LogP contribution in [0.5, 0.6) is 0 Å². The van der Waals surface area contributed by atoms with Crippen molar-refractivity contribution < 1.29 is 19.2 Å². The zero-order valence-corrected chi connectivity index (χ0v) is 27.4. The number of hydrogen-bond donors (Lipinski definition) is 0. The first-order chi connectivity index (χ1) is 20.5. The molecule has 0 saturated carbocycles. The number of hydrogen-bond acceptors (Lipinski definition) is 6. The van der Waals surface area contributed by atoms with Crippen LogP contribution in [0.3, 0.4) is 0 Å². The molecule has 9 nitrogen and oxygen atoms in total. The molecular formula is C30H35Cl4N5O4. The molecule has 2 aliphatic heterocycles. The number of halogens is 4. The van der Waals surface area contributed by atoms with E-state index in [9.17, 15) is 14.4 Å². The second-order valence-electron chi connectivity index (χ2n) is 10.9. The van der Waals surface area contributed by atoms with Gasteiger partial charge in [0.25, 0.3) is 5.91 Å². The van der Waals surface area contributed by atoms with Crippen molar-refractivity contribution in [2.24, 2.45) is 5.16 Å². The fraction of sp³-hybridized carbons (Fsp3) is 0.467. The predicted octanol–water partition coefficient (Wildman–Crippen LogP) is 5.31. The van der Waals surface area contributed by atoms with Crippen molar-refractivity contribution >= 4 is 69.8 Å². The molecule has 2 aliphatic rings. The predicted molar refractivity (Wildman–Crippen MR) is 170 cm³/mol. The Labute approximate surface area is 272 Å². The molecule has 3 amide bonds. The summed E-state index contributed by atoms with van der Waals surface area (Å²) >= 11 is 24.9. The van der Waals surface area contributed by atoms with Crippen LogP contribution in [-0.4, -0.2) is 110 Å². The van der Waals surface area contributed by atoms with Crippen molar-refractivity contribution in [3.05, 3.63) is 67.6 Å². The lowest BCUT2D eigenvalue weighted by atomic mass is 9.89. The molecule has 0 aliphatic carbocycles. The van der Waals surface area contributed by atoms with Crippen LogP contribution in [-0.2, 0) is 14.4 Å². The second kappa shape index (κ2) is 14.9. The lowest BCUT2D eigenvalue weighted by molar-refractivity contribution is -0.151. The molecule has 0 radical (unpaired) electrons. The monoisotopic (exact) mass is 669 g/mol. The smallest absolute Gasteiger partial charge is 0.254 e. The zero-order valence-electron chi connectivity index (χ0n) is 24.4. The summed E-state index contributed by atoms with van der Waals surface area (Å²) in [5.41, 5.74) is 1.90. The Morgan fingerprint density at radius 3 is 2.30 bits per heavy atom. The Morgan fingerprint density at radius 2 is 1.67 bits per heavy atom. The second-order valence-corrected chi connectivity index (χ2v) is 12.6. The van der Waals surface area contributed by atoms with E-state index in [2.05, 4.69) is 10.1 Å². The highest BCUT2D eigenvalue weighted by Crippen LogP contribution is 2.31. The van der Waals surface area contributed by atoms with Gasteiger partial charge in [0.15, 0.2) is 0 Å². The van der Waals surface area contributed by atoms with Gasteiger partial charge >= 0.3 is 0 Å². The molecule has 0 spiro atoms. The molecule has 43 heavy (non-hydrogen) atoms. The van der Waals surface area contributed by atoms with E-state index in [1.165, 1.54) is 12.0 Å². The van der Waals surface area contributed by atoms with Gasteiger partial charge in [0, 0.05) is 54.8 Å². The first-order valence-corrected chi connectivity index (χ1v) is 15.5. The highest BCUT2D eigenvalue weighted by atomic mass is 35.5. The lowest BCUT2D eigenvalue weighted by Gasteiger charge is -2.41. The summed E-state index contributed by atoms with van der Waals surface area (Å²) in [6.45, 7) is 2.77. The number of likely N-dealkylation sites (tertiary alicyclic amines) is 1. The number of benzene rings is 2. The first-order valence-electron chi connectivity index (χ1n) is 14.0. The van der Waals surface area contributed by atoms with E-state index in [0.29, 0.717) is 37.8 Å². The molecule has 4 rings (SSSR count). The summed E-state index contributed by atoms with van der Waals surface area (Å²) in [7, 11) is 4.81. The van der Waals surface area contributed by atoms with Gasteiger partial charge < -0.3 is 24.4 Å². The van der Waals surface area contributed by atoms with E-state index >= 15 is 0 Å². The Kier molecular flexibility index (Phi) is 11.6. The van der Waals surface area contributed by atoms with Gasteiger partial charge in [-0.1, -0.05) is 57.6 Å². The number of likely N-dealkylation sites (N-methyl/N-ethyl adjacent to an activating group) is 1. The Morgan fingerprint density at radius 1 is 1.00 bits per heavy atom. The van der Waals surface area contributed by atoms with Crippen molar-refractivity contribution in [2.75, 3.05) is 60.5 Å². The number of rotatable bonds is 10. The van der Waals surface area contributed by atoms with Crippen LogP contribution >= 0.6 is 46.4 Å². The van der Waals surface area contributed by atoms with Crippen LogP contribution in [0.2, 0.25) is 20.1 Å². The molecule has 1 atom stereocenters. The van der Waals surface area contributed by atoms with Crippen molar-refractivity contribution in [3.63, 3.8) is 0 Å². The van der Waals surface area contributed by atoms with Crippen LogP contribution < -0.4 is 0 Å². The number of piperazine rings is 1. The van der Waals surface area contributed by atoms with Gasteiger partial charge in [-0.3, -0.25) is 14.4 Å². The van der Waals surface area contributed by atoms with Crippen LogP contribution in [0.1, 0.15) is 41.1 Å². The van der Waals surface area contributed by atoms with E-state index in [1.807, 2.05) is 12.1 Å². The molecular weight excluding hydrogens is 636 g/mol. The van der Waals surface area contributed by atoms with Crippen molar-refractivity contribution in [3.8, 4) is 0 Å². The molecule has 0 bridgehead atoms. The normalized spacial score (nSPS) is 17.8. The molecule has 2 aromatic rings. The van der Waals surface area contributed by atoms with Crippen molar-refractivity contribution in [1.29, 1.82) is 0 Å². The fourth-order valence-corrected chi connectivity index (χ4v) is 6.46. The van der Waals surface area contributed by atoms with Crippen LogP contribution in [0.25, 0.3) is 0 Å². The van der Waals surface area contributed by atoms with Crippen LogP contribution in [0.4, 0.5) is 0 Å². The first kappa shape index (κ1) is 33.3. The minimum Gasteiger partial charge on any atom is -0.399 e. The summed E-state index contributed by atoms with van der Waals surface area (Å²) < 4.78 is 0. The average Bonchev–Trinajstić information content (AvgIpc) is 2.96. The van der Waals surface area contributed by atoms with E-state index in [-0.39, 0.29) is 49.3 Å². The number of carbonyl (C=O) groups excluding carboxylic acids is 3. The van der Waals surface area contributed by atoms with Crippen molar-refractivity contribution in [2.45, 2.75) is 31.2 Å². The molecule has 0 N–H and O–H groups in total. The maximum atomic E-state index is 13.3. The van der Waals surface area contributed by atoms with Crippen LogP contribution in [0, 0.1) is 0 Å². The zero-order chi connectivity index (χ0) is 31.3. The quantitative estimate of drug-likeness (QED) is 0.253. The number of carbonyl (C=O) groups is 3. The van der Waals surface area contributed by atoms with Gasteiger partial charge in [0.1, 0.15) is 13.7 Å². The fourth-order valence-electron chi connectivity index (χ4n) is 5.62. The van der Waals surface area contributed by atoms with E-state index in [1.54, 1.807) is 48.2 Å². The number of oxime groups is 1. The number of amides is 3.